The largest absolute Gasteiger partial charge is 0.311 e. The summed E-state index contributed by atoms with van der Waals surface area (Å²) in [6, 6.07) is 73.7. The van der Waals surface area contributed by atoms with Crippen LogP contribution in [0.4, 0.5) is 17.1 Å². The van der Waals surface area contributed by atoms with Gasteiger partial charge in [-0.3, -0.25) is 0 Å². The molecule has 0 radical (unpaired) electrons. The summed E-state index contributed by atoms with van der Waals surface area (Å²) in [6.07, 6.45) is 16.4. The zero-order chi connectivity index (χ0) is 42.4. The molecule has 0 spiro atoms. The number of benzene rings is 9. The van der Waals surface area contributed by atoms with E-state index in [1.165, 1.54) is 83.5 Å². The number of hydrogen-bond donors (Lipinski definition) is 0. The Kier molecular flexibility index (Phi) is 9.46. The van der Waals surface area contributed by atoms with Gasteiger partial charge in [-0.05, 0) is 174 Å². The second kappa shape index (κ2) is 16.0. The van der Waals surface area contributed by atoms with Crippen LogP contribution in [0.25, 0.3) is 69.8 Å². The summed E-state index contributed by atoms with van der Waals surface area (Å²) in [7, 11) is 0. The molecule has 302 valence electrons. The Bertz CT molecular complexity index is 2970. The van der Waals surface area contributed by atoms with Gasteiger partial charge in [0.15, 0.2) is 0 Å². The van der Waals surface area contributed by atoms with Crippen molar-refractivity contribution in [3.05, 3.63) is 267 Å². The lowest BCUT2D eigenvalue weighted by atomic mass is 10.0. The fraction of sp³-hybridized carbons (Fsp3) is 0.0476. The molecule has 0 aromatic heterocycles. The van der Waals surface area contributed by atoms with Gasteiger partial charge in [0.05, 0.1) is 0 Å². The van der Waals surface area contributed by atoms with Crippen molar-refractivity contribution in [3.63, 3.8) is 0 Å². The van der Waals surface area contributed by atoms with Crippen LogP contribution in [0.15, 0.2) is 200 Å². The first-order chi connectivity index (χ1) is 31.6. The van der Waals surface area contributed by atoms with Crippen LogP contribution >= 0.6 is 0 Å². The Hall–Kier alpha value is -8.00. The lowest BCUT2D eigenvalue weighted by Gasteiger charge is -2.26. The number of rotatable bonds is 9. The van der Waals surface area contributed by atoms with Gasteiger partial charge in [-0.25, -0.2) is 0 Å². The van der Waals surface area contributed by atoms with Crippen molar-refractivity contribution in [1.82, 2.24) is 0 Å². The van der Waals surface area contributed by atoms with Crippen molar-refractivity contribution in [2.45, 2.75) is 19.3 Å². The van der Waals surface area contributed by atoms with Gasteiger partial charge in [0.1, 0.15) is 0 Å². The molecule has 0 unspecified atom stereocenters. The van der Waals surface area contributed by atoms with Gasteiger partial charge >= 0.3 is 0 Å². The molecule has 12 rings (SSSR count). The summed E-state index contributed by atoms with van der Waals surface area (Å²) < 4.78 is 0. The second-order valence-corrected chi connectivity index (χ2v) is 17.4. The minimum atomic E-state index is 1.02. The molecule has 0 aliphatic heterocycles. The van der Waals surface area contributed by atoms with Crippen LogP contribution in [0.3, 0.4) is 0 Å². The summed E-state index contributed by atoms with van der Waals surface area (Å²) in [5.41, 5.74) is 27.1. The fourth-order valence-electron chi connectivity index (χ4n) is 9.96. The maximum Gasteiger partial charge on any atom is 0.0462 e. The Morgan fingerprint density at radius 3 is 0.797 bits per heavy atom. The quantitative estimate of drug-likeness (QED) is 0.131. The first-order valence-corrected chi connectivity index (χ1v) is 22.4. The highest BCUT2D eigenvalue weighted by atomic mass is 15.1. The SMILES string of the molecule is C(=C\c1ccc2c(c1)-c1ccccc1C2)/c1ccc(N(c2ccc(/C=C/c3ccc4c(c3)-c3ccccc3C4)cc2)c2ccc(/C=C/c3ccc4c(c3)-c3ccccc3C4)cc2)cc1. The number of nitrogens with zero attached hydrogens (tertiary/aromatic N) is 1. The zero-order valence-electron chi connectivity index (χ0n) is 35.6. The molecule has 0 N–H and O–H groups in total. The predicted octanol–water partition coefficient (Wildman–Crippen LogP) is 16.4. The van der Waals surface area contributed by atoms with E-state index in [0.717, 1.165) is 53.0 Å². The van der Waals surface area contributed by atoms with Crippen molar-refractivity contribution >= 4 is 53.5 Å². The van der Waals surface area contributed by atoms with Gasteiger partial charge in [-0.2, -0.15) is 0 Å². The molecule has 1 nitrogen and oxygen atoms in total. The topological polar surface area (TPSA) is 3.24 Å². The third-order valence-corrected chi connectivity index (χ3v) is 13.3. The molecule has 64 heavy (non-hydrogen) atoms. The van der Waals surface area contributed by atoms with Crippen LogP contribution in [-0.4, -0.2) is 0 Å². The monoisotopic (exact) mass is 815 g/mol. The second-order valence-electron chi connectivity index (χ2n) is 17.4. The predicted molar refractivity (Wildman–Crippen MR) is 272 cm³/mol. The van der Waals surface area contributed by atoms with Gasteiger partial charge in [-0.15, -0.1) is 0 Å². The Labute approximate surface area is 376 Å². The molecule has 9 aromatic carbocycles. The van der Waals surface area contributed by atoms with E-state index in [-0.39, 0.29) is 0 Å². The van der Waals surface area contributed by atoms with Crippen LogP contribution in [0.5, 0.6) is 0 Å². The average Bonchev–Trinajstić information content (AvgIpc) is 4.04. The van der Waals surface area contributed by atoms with Crippen molar-refractivity contribution in [1.29, 1.82) is 0 Å². The number of fused-ring (bicyclic) bond motifs is 9. The molecule has 0 bridgehead atoms. The first-order valence-electron chi connectivity index (χ1n) is 22.4. The van der Waals surface area contributed by atoms with Crippen LogP contribution in [-0.2, 0) is 19.3 Å². The summed E-state index contributed by atoms with van der Waals surface area (Å²) in [4.78, 5) is 2.35. The Balaban J connectivity index is 0.815. The zero-order valence-corrected chi connectivity index (χ0v) is 35.6. The molecule has 0 fully saturated rings. The molecule has 9 aromatic rings. The lowest BCUT2D eigenvalue weighted by Crippen LogP contribution is -2.09. The standard InChI is InChI=1S/C63H45N/c1-4-10-58-49(7-1)40-52-28-19-46(37-61(52)58)16-13-43-22-31-55(32-23-43)64(56-33-24-44(25-34-56)14-17-47-20-29-53-41-50-8-2-5-11-59(50)62(53)38-47)57-35-26-45(27-36-57)15-18-48-21-30-54-42-51-9-3-6-12-60(51)63(54)39-48/h1-39H,40-42H2/b16-13+,17-14+,18-15+. The molecule has 1 heteroatoms. The lowest BCUT2D eigenvalue weighted by molar-refractivity contribution is 1.26. The van der Waals surface area contributed by atoms with Gasteiger partial charge < -0.3 is 4.90 Å². The van der Waals surface area contributed by atoms with Gasteiger partial charge in [0.2, 0.25) is 0 Å². The molecular formula is C63H45N. The van der Waals surface area contributed by atoms with Crippen molar-refractivity contribution in [3.8, 4) is 33.4 Å². The van der Waals surface area contributed by atoms with Crippen molar-refractivity contribution in [2.24, 2.45) is 0 Å². The van der Waals surface area contributed by atoms with Crippen LogP contribution in [0, 0.1) is 0 Å². The summed E-state index contributed by atoms with van der Waals surface area (Å²) >= 11 is 0. The fourth-order valence-corrected chi connectivity index (χ4v) is 9.96. The molecule has 3 aliphatic carbocycles. The number of anilines is 3. The molecule has 3 aliphatic rings. The Morgan fingerprint density at radius 1 is 0.234 bits per heavy atom. The molecule has 0 atom stereocenters. The summed E-state index contributed by atoms with van der Waals surface area (Å²) in [5, 5.41) is 0. The third-order valence-electron chi connectivity index (χ3n) is 13.3. The van der Waals surface area contributed by atoms with E-state index < -0.39 is 0 Å². The van der Waals surface area contributed by atoms with Gasteiger partial charge in [0, 0.05) is 17.1 Å². The van der Waals surface area contributed by atoms with Crippen molar-refractivity contribution < 1.29 is 0 Å². The molecular weight excluding hydrogens is 771 g/mol. The summed E-state index contributed by atoms with van der Waals surface area (Å²) in [5.74, 6) is 0. The highest BCUT2D eigenvalue weighted by molar-refractivity contribution is 5.85. The van der Waals surface area contributed by atoms with E-state index >= 15 is 0 Å². The minimum absolute atomic E-state index is 1.02. The molecule has 0 amide bonds. The maximum absolute atomic E-state index is 2.35. The molecule has 0 saturated carbocycles. The smallest absolute Gasteiger partial charge is 0.0462 e. The van der Waals surface area contributed by atoms with E-state index in [2.05, 4.69) is 242 Å². The number of hydrogen-bond acceptors (Lipinski definition) is 1. The van der Waals surface area contributed by atoms with E-state index in [0.29, 0.717) is 0 Å². The van der Waals surface area contributed by atoms with Gasteiger partial charge in [-0.1, -0.05) is 182 Å². The van der Waals surface area contributed by atoms with Crippen LogP contribution < -0.4 is 4.90 Å². The normalized spacial score (nSPS) is 12.9. The van der Waals surface area contributed by atoms with Gasteiger partial charge in [0.25, 0.3) is 0 Å². The summed E-state index contributed by atoms with van der Waals surface area (Å²) in [6.45, 7) is 0. The van der Waals surface area contributed by atoms with E-state index in [9.17, 15) is 0 Å². The highest BCUT2D eigenvalue weighted by Crippen LogP contribution is 2.41. The van der Waals surface area contributed by atoms with E-state index in [4.69, 9.17) is 0 Å². The third kappa shape index (κ3) is 7.21. The Morgan fingerprint density at radius 2 is 0.484 bits per heavy atom. The van der Waals surface area contributed by atoms with Crippen LogP contribution in [0.1, 0.15) is 66.8 Å². The van der Waals surface area contributed by atoms with E-state index in [1.54, 1.807) is 0 Å². The highest BCUT2D eigenvalue weighted by Gasteiger charge is 2.20. The molecule has 0 heterocycles. The van der Waals surface area contributed by atoms with E-state index in [1.807, 2.05) is 0 Å². The molecule has 0 saturated heterocycles. The first kappa shape index (κ1) is 37.7. The average molecular weight is 816 g/mol. The minimum Gasteiger partial charge on any atom is -0.311 e. The van der Waals surface area contributed by atoms with Crippen LogP contribution in [0.2, 0.25) is 0 Å². The van der Waals surface area contributed by atoms with Crippen molar-refractivity contribution in [2.75, 3.05) is 4.90 Å². The maximum atomic E-state index is 2.35.